The number of aromatic nitrogens is 3. The number of thiazole rings is 1. The Morgan fingerprint density at radius 1 is 1.50 bits per heavy atom. The number of likely N-dealkylation sites (N-methyl/N-ethyl adjacent to an activating group) is 1. The summed E-state index contributed by atoms with van der Waals surface area (Å²) in [6.45, 7) is 0.678. The number of hydrogen-bond donors (Lipinski definition) is 0. The molecule has 22 heavy (non-hydrogen) atoms. The normalized spacial score (nSPS) is 19.8. The lowest BCUT2D eigenvalue weighted by Crippen LogP contribution is -2.35. The van der Waals surface area contributed by atoms with Crippen LogP contribution >= 0.6 is 11.3 Å². The van der Waals surface area contributed by atoms with Crippen LogP contribution in [0.5, 0.6) is 0 Å². The molecule has 1 aliphatic carbocycles. The molecule has 1 unspecified atom stereocenters. The van der Waals surface area contributed by atoms with Gasteiger partial charge in [-0.1, -0.05) is 0 Å². The lowest BCUT2D eigenvalue weighted by atomic mass is 10.0. The van der Waals surface area contributed by atoms with Crippen LogP contribution in [-0.2, 0) is 29.4 Å². The summed E-state index contributed by atoms with van der Waals surface area (Å²) in [6, 6.07) is 0. The van der Waals surface area contributed by atoms with Gasteiger partial charge in [0.05, 0.1) is 11.9 Å². The van der Waals surface area contributed by atoms with Crippen molar-refractivity contribution in [1.82, 2.24) is 14.8 Å². The molecule has 2 aromatic rings. The highest BCUT2D eigenvalue weighted by Crippen LogP contribution is 2.39. The zero-order valence-corrected chi connectivity index (χ0v) is 13.5. The fraction of sp³-hybridized carbons (Fsp3) is 0.533. The fourth-order valence-corrected chi connectivity index (χ4v) is 4.18. The van der Waals surface area contributed by atoms with E-state index in [1.807, 2.05) is 17.9 Å². The van der Waals surface area contributed by atoms with Gasteiger partial charge in [0.1, 0.15) is 6.10 Å². The first kappa shape index (κ1) is 13.9. The van der Waals surface area contributed by atoms with Gasteiger partial charge in [-0.2, -0.15) is 5.10 Å². The number of amides is 1. The van der Waals surface area contributed by atoms with Gasteiger partial charge in [0.25, 0.3) is 5.91 Å². The highest BCUT2D eigenvalue weighted by atomic mass is 32.1. The maximum Gasteiger partial charge on any atom is 0.257 e. The van der Waals surface area contributed by atoms with Crippen molar-refractivity contribution >= 4 is 22.4 Å². The van der Waals surface area contributed by atoms with Crippen molar-refractivity contribution in [1.29, 1.82) is 0 Å². The Morgan fingerprint density at radius 2 is 2.36 bits per heavy atom. The third kappa shape index (κ3) is 2.07. The van der Waals surface area contributed by atoms with Gasteiger partial charge in [0.2, 0.25) is 0 Å². The molecule has 0 bridgehead atoms. The average molecular weight is 318 g/mol. The summed E-state index contributed by atoms with van der Waals surface area (Å²) in [7, 11) is 3.75. The second-order valence-corrected chi connectivity index (χ2v) is 6.86. The van der Waals surface area contributed by atoms with E-state index in [9.17, 15) is 4.79 Å². The quantitative estimate of drug-likeness (QED) is 0.847. The molecule has 2 aromatic heterocycles. The summed E-state index contributed by atoms with van der Waals surface area (Å²) >= 11 is 1.60. The molecule has 2 aliphatic rings. The van der Waals surface area contributed by atoms with E-state index in [4.69, 9.17) is 9.72 Å². The van der Waals surface area contributed by atoms with Gasteiger partial charge in [-0.05, 0) is 25.7 Å². The number of nitrogens with zero attached hydrogens (tertiary/aromatic N) is 4. The predicted octanol–water partition coefficient (Wildman–Crippen LogP) is 1.78. The average Bonchev–Trinajstić information content (AvgIpc) is 3.24. The summed E-state index contributed by atoms with van der Waals surface area (Å²) < 4.78 is 7.41. The predicted molar refractivity (Wildman–Crippen MR) is 84.1 cm³/mol. The first-order valence-corrected chi connectivity index (χ1v) is 8.37. The molecule has 0 spiro atoms. The molecule has 1 amide bonds. The third-order valence-corrected chi connectivity index (χ3v) is 5.61. The minimum absolute atomic E-state index is 0.00927. The van der Waals surface area contributed by atoms with Crippen molar-refractivity contribution < 1.29 is 9.53 Å². The molecule has 0 radical (unpaired) electrons. The molecule has 116 valence electrons. The summed E-state index contributed by atoms with van der Waals surface area (Å²) in [6.07, 6.45) is 5.27. The molecule has 0 saturated carbocycles. The van der Waals surface area contributed by atoms with Gasteiger partial charge in [-0.25, -0.2) is 4.98 Å². The Balaban J connectivity index is 1.65. The number of ether oxygens (including phenoxy) is 1. The Bertz CT molecular complexity index is 730. The van der Waals surface area contributed by atoms with Crippen molar-refractivity contribution in [3.8, 4) is 11.3 Å². The van der Waals surface area contributed by atoms with E-state index in [0.717, 1.165) is 42.1 Å². The van der Waals surface area contributed by atoms with Crippen LogP contribution in [0.15, 0.2) is 6.20 Å². The monoisotopic (exact) mass is 318 g/mol. The Labute approximate surface area is 132 Å². The molecular weight excluding hydrogens is 300 g/mol. The van der Waals surface area contributed by atoms with Crippen molar-refractivity contribution in [2.45, 2.75) is 31.8 Å². The Kier molecular flexibility index (Phi) is 3.27. The molecule has 4 rings (SSSR count). The summed E-state index contributed by atoms with van der Waals surface area (Å²) in [5.74, 6) is 0.00927. The first-order valence-electron chi connectivity index (χ1n) is 7.55. The minimum atomic E-state index is -0.306. The number of hydrogen-bond acceptors (Lipinski definition) is 5. The maximum atomic E-state index is 12.5. The molecule has 0 aromatic carbocycles. The van der Waals surface area contributed by atoms with Crippen LogP contribution < -0.4 is 4.90 Å². The van der Waals surface area contributed by atoms with E-state index < -0.39 is 0 Å². The smallest absolute Gasteiger partial charge is 0.257 e. The van der Waals surface area contributed by atoms with E-state index in [-0.39, 0.29) is 12.0 Å². The lowest BCUT2D eigenvalue weighted by Gasteiger charge is -2.17. The third-order valence-electron chi connectivity index (χ3n) is 4.41. The van der Waals surface area contributed by atoms with Crippen LogP contribution in [0, 0.1) is 0 Å². The molecule has 1 atom stereocenters. The van der Waals surface area contributed by atoms with Crippen LogP contribution in [0.1, 0.15) is 23.4 Å². The lowest BCUT2D eigenvalue weighted by molar-refractivity contribution is -0.127. The van der Waals surface area contributed by atoms with Gasteiger partial charge in [0.15, 0.2) is 5.13 Å². The van der Waals surface area contributed by atoms with E-state index in [0.29, 0.717) is 6.61 Å². The van der Waals surface area contributed by atoms with Crippen LogP contribution in [0.25, 0.3) is 11.3 Å². The molecule has 7 heteroatoms. The molecule has 0 N–H and O–H groups in total. The summed E-state index contributed by atoms with van der Waals surface area (Å²) in [5, 5.41) is 5.08. The summed E-state index contributed by atoms with van der Waals surface area (Å²) in [4.78, 5) is 20.1. The van der Waals surface area contributed by atoms with Crippen molar-refractivity contribution in [2.24, 2.45) is 7.05 Å². The van der Waals surface area contributed by atoms with Crippen molar-refractivity contribution in [2.75, 3.05) is 18.6 Å². The number of aryl methyl sites for hydroxylation is 2. The summed E-state index contributed by atoms with van der Waals surface area (Å²) in [5.41, 5.74) is 3.31. The van der Waals surface area contributed by atoms with Crippen molar-refractivity contribution in [3.05, 3.63) is 16.8 Å². The van der Waals surface area contributed by atoms with Gasteiger partial charge in [-0.3, -0.25) is 14.4 Å². The number of anilines is 1. The molecular formula is C15H18N4O2S. The highest BCUT2D eigenvalue weighted by Gasteiger charge is 2.30. The van der Waals surface area contributed by atoms with Gasteiger partial charge >= 0.3 is 0 Å². The Hall–Kier alpha value is -1.73. The van der Waals surface area contributed by atoms with E-state index in [1.165, 1.54) is 10.6 Å². The SMILES string of the molecule is CN(C(=O)C1CCCO1)c1nc2c(s1)CCc1c-2cnn1C. The van der Waals surface area contributed by atoms with Crippen LogP contribution in [0.2, 0.25) is 0 Å². The van der Waals surface area contributed by atoms with Crippen LogP contribution in [0.3, 0.4) is 0 Å². The molecule has 1 fully saturated rings. The zero-order valence-electron chi connectivity index (χ0n) is 12.7. The van der Waals surface area contributed by atoms with Crippen LogP contribution in [0.4, 0.5) is 5.13 Å². The molecule has 1 saturated heterocycles. The van der Waals surface area contributed by atoms with E-state index >= 15 is 0 Å². The number of carbonyl (C=O) groups excluding carboxylic acids is 1. The first-order chi connectivity index (χ1) is 10.6. The largest absolute Gasteiger partial charge is 0.368 e. The molecule has 1 aliphatic heterocycles. The standard InChI is InChI=1S/C15H18N4O2S/c1-18(14(20)11-4-3-7-21-11)15-17-13-9-8-16-19(2)10(9)5-6-12(13)22-15/h8,11H,3-7H2,1-2H3. The maximum absolute atomic E-state index is 12.5. The minimum Gasteiger partial charge on any atom is -0.368 e. The Morgan fingerprint density at radius 3 is 3.14 bits per heavy atom. The molecule has 3 heterocycles. The van der Waals surface area contributed by atoms with Gasteiger partial charge in [-0.15, -0.1) is 11.3 Å². The van der Waals surface area contributed by atoms with Gasteiger partial charge in [0, 0.05) is 36.8 Å². The van der Waals surface area contributed by atoms with Gasteiger partial charge < -0.3 is 4.74 Å². The van der Waals surface area contributed by atoms with E-state index in [1.54, 1.807) is 23.3 Å². The fourth-order valence-electron chi connectivity index (χ4n) is 3.13. The number of fused-ring (bicyclic) bond motifs is 3. The second-order valence-electron chi connectivity index (χ2n) is 5.80. The molecule has 6 nitrogen and oxygen atoms in total. The van der Waals surface area contributed by atoms with E-state index in [2.05, 4.69) is 5.10 Å². The van der Waals surface area contributed by atoms with Crippen LogP contribution in [-0.4, -0.2) is 40.4 Å². The highest BCUT2D eigenvalue weighted by molar-refractivity contribution is 7.16. The number of carbonyl (C=O) groups is 1. The number of rotatable bonds is 2. The zero-order chi connectivity index (χ0) is 15.3. The second kappa shape index (κ2) is 5.17. The topological polar surface area (TPSA) is 60.3 Å². The van der Waals surface area contributed by atoms with Crippen molar-refractivity contribution in [3.63, 3.8) is 0 Å².